The second kappa shape index (κ2) is 18.0. The molecule has 1 amide bonds. The lowest BCUT2D eigenvalue weighted by Crippen LogP contribution is -2.27. The van der Waals surface area contributed by atoms with E-state index >= 15 is 0 Å². The van der Waals surface area contributed by atoms with Crippen LogP contribution in [0, 0.1) is 29.4 Å². The lowest BCUT2D eigenvalue weighted by atomic mass is 9.82. The fourth-order valence-electron chi connectivity index (χ4n) is 4.57. The minimum absolute atomic E-state index is 0.0243. The minimum Gasteiger partial charge on any atom is -0.465 e. The quantitative estimate of drug-likeness (QED) is 0.177. The van der Waals surface area contributed by atoms with Crippen LogP contribution in [0.2, 0.25) is 0 Å². The van der Waals surface area contributed by atoms with Gasteiger partial charge >= 0.3 is 11.9 Å². The Balaban J connectivity index is 0.000000236. The normalized spacial score (nSPS) is 21.7. The van der Waals surface area contributed by atoms with E-state index in [1.165, 1.54) is 49.7 Å². The van der Waals surface area contributed by atoms with Crippen LogP contribution in [0.4, 0.5) is 11.4 Å². The summed E-state index contributed by atoms with van der Waals surface area (Å²) in [6.45, 7) is 4.46. The van der Waals surface area contributed by atoms with E-state index < -0.39 is 5.97 Å². The molecule has 0 bridgehead atoms. The number of rotatable bonds is 5. The van der Waals surface area contributed by atoms with Crippen LogP contribution in [0.15, 0.2) is 12.1 Å². The van der Waals surface area contributed by atoms with Crippen molar-refractivity contribution in [1.82, 2.24) is 0 Å². The number of nitrogen functional groups attached to an aromatic ring is 1. The number of carbonyl (C=O) groups is 4. The molecule has 0 radical (unpaired) electrons. The molecule has 0 atom stereocenters. The molecule has 0 saturated heterocycles. The van der Waals surface area contributed by atoms with Crippen LogP contribution in [0.1, 0.15) is 84.6 Å². The lowest BCUT2D eigenvalue weighted by Gasteiger charge is -2.25. The Morgan fingerprint density at radius 3 is 1.68 bits per heavy atom. The largest absolute Gasteiger partial charge is 0.465 e. The summed E-state index contributed by atoms with van der Waals surface area (Å²) in [6, 6.07) is 3.57. The Morgan fingerprint density at radius 1 is 0.805 bits per heavy atom. The fraction of sp³-hybridized carbons (Fsp3) is 0.571. The van der Waals surface area contributed by atoms with Gasteiger partial charge in [0.15, 0.2) is 0 Å². The van der Waals surface area contributed by atoms with Crippen LogP contribution in [-0.4, -0.2) is 37.3 Å². The number of hydrogen-bond donors (Lipinski definition) is 2. The number of carbonyl (C=O) groups excluding carboxylic acids is 4. The van der Waals surface area contributed by atoms with Crippen LogP contribution >= 0.6 is 79.5 Å². The molecule has 41 heavy (non-hydrogen) atoms. The first kappa shape index (κ1) is 36.2. The predicted octanol–water partition coefficient (Wildman–Crippen LogP) is 8.20. The molecular formula is C28H37ClI2N2O6S2. The Hall–Kier alpha value is -0.970. The zero-order chi connectivity index (χ0) is 30.7. The summed E-state index contributed by atoms with van der Waals surface area (Å²) >= 11 is 12.3. The highest BCUT2D eigenvalue weighted by Crippen LogP contribution is 2.33. The van der Waals surface area contributed by atoms with Gasteiger partial charge in [0, 0.05) is 11.8 Å². The average molecular weight is 851 g/mol. The molecule has 228 valence electrons. The lowest BCUT2D eigenvalue weighted by molar-refractivity contribution is -0.121. The van der Waals surface area contributed by atoms with Gasteiger partial charge < -0.3 is 20.5 Å². The summed E-state index contributed by atoms with van der Waals surface area (Å²) < 4.78 is 11.2. The van der Waals surface area contributed by atoms with E-state index in [2.05, 4.69) is 69.1 Å². The average Bonchev–Trinajstić information content (AvgIpc) is 3.48. The highest BCUT2D eigenvalue weighted by Gasteiger charge is 2.26. The van der Waals surface area contributed by atoms with Gasteiger partial charge in [-0.2, -0.15) is 0 Å². The van der Waals surface area contributed by atoms with Gasteiger partial charge in [0.2, 0.25) is 11.1 Å². The van der Waals surface area contributed by atoms with E-state index in [0.717, 1.165) is 50.2 Å². The number of halogens is 3. The summed E-state index contributed by atoms with van der Waals surface area (Å²) in [6.07, 6.45) is 8.41. The number of nitrogens with two attached hydrogens (primary N) is 1. The van der Waals surface area contributed by atoms with Gasteiger partial charge in [0.05, 0.1) is 31.4 Å². The molecule has 0 unspecified atom stereocenters. The van der Waals surface area contributed by atoms with E-state index in [4.69, 9.17) is 22.1 Å². The maximum Gasteiger partial charge on any atom is 0.350 e. The van der Waals surface area contributed by atoms with E-state index in [-0.39, 0.29) is 29.0 Å². The van der Waals surface area contributed by atoms with Gasteiger partial charge in [0.25, 0.3) is 0 Å². The number of amides is 1. The molecule has 2 saturated carbocycles. The van der Waals surface area contributed by atoms with Crippen LogP contribution in [-0.2, 0) is 19.1 Å². The SMILES string of the molecule is CC1CCC(C(=O)Cl)CC1.COC(=O)c1sc(I)cc1N.COC(=O)c1sc(I)cc1NC(=O)C1CCC(C)CC1. The third-order valence-corrected chi connectivity index (χ3v) is 11.2. The third kappa shape index (κ3) is 11.9. The van der Waals surface area contributed by atoms with Crippen molar-refractivity contribution in [2.24, 2.45) is 23.7 Å². The first-order valence-corrected chi connectivity index (χ1v) is 17.5. The Labute approximate surface area is 282 Å². The Bertz CT molecular complexity index is 1190. The summed E-state index contributed by atoms with van der Waals surface area (Å²) in [5.74, 6) is 1.00. The van der Waals surface area contributed by atoms with E-state index in [9.17, 15) is 19.2 Å². The van der Waals surface area contributed by atoms with Crippen molar-refractivity contribution in [2.75, 3.05) is 25.3 Å². The molecule has 2 aromatic heterocycles. The summed E-state index contributed by atoms with van der Waals surface area (Å²) in [7, 11) is 2.69. The van der Waals surface area contributed by atoms with E-state index in [0.29, 0.717) is 27.0 Å². The van der Waals surface area contributed by atoms with Gasteiger partial charge in [-0.25, -0.2) is 9.59 Å². The van der Waals surface area contributed by atoms with Crippen molar-refractivity contribution in [1.29, 1.82) is 0 Å². The molecule has 13 heteroatoms. The number of esters is 2. The topological polar surface area (TPSA) is 125 Å². The second-order valence-electron chi connectivity index (χ2n) is 10.3. The zero-order valence-electron chi connectivity index (χ0n) is 23.6. The monoisotopic (exact) mass is 850 g/mol. The third-order valence-electron chi connectivity index (χ3n) is 7.16. The fourth-order valence-corrected chi connectivity index (χ4v) is 8.24. The maximum absolute atomic E-state index is 12.3. The molecular weight excluding hydrogens is 814 g/mol. The van der Waals surface area contributed by atoms with Crippen molar-refractivity contribution in [2.45, 2.75) is 65.2 Å². The molecule has 2 aromatic rings. The molecule has 2 heterocycles. The van der Waals surface area contributed by atoms with E-state index in [1.807, 2.05) is 6.07 Å². The van der Waals surface area contributed by atoms with Gasteiger partial charge in [-0.15, -0.1) is 22.7 Å². The van der Waals surface area contributed by atoms with Crippen molar-refractivity contribution in [3.8, 4) is 0 Å². The first-order valence-electron chi connectivity index (χ1n) is 13.4. The number of methoxy groups -OCH3 is 2. The number of hydrogen-bond acceptors (Lipinski definition) is 9. The van der Waals surface area contributed by atoms with Gasteiger partial charge in [-0.1, -0.05) is 13.8 Å². The molecule has 4 rings (SSSR count). The summed E-state index contributed by atoms with van der Waals surface area (Å²) in [5.41, 5.74) is 6.59. The van der Waals surface area contributed by atoms with Gasteiger partial charge in [0.1, 0.15) is 9.75 Å². The highest BCUT2D eigenvalue weighted by atomic mass is 127. The summed E-state index contributed by atoms with van der Waals surface area (Å²) in [5, 5.41) is 2.76. The maximum atomic E-state index is 12.3. The highest BCUT2D eigenvalue weighted by molar-refractivity contribution is 14.1. The molecule has 0 aromatic carbocycles. The van der Waals surface area contributed by atoms with Gasteiger partial charge in [-0.3, -0.25) is 9.59 Å². The Kier molecular flexibility index (Phi) is 15.9. The molecule has 0 spiro atoms. The number of anilines is 2. The van der Waals surface area contributed by atoms with E-state index in [1.54, 1.807) is 6.07 Å². The molecule has 2 fully saturated rings. The molecule has 8 nitrogen and oxygen atoms in total. The van der Waals surface area contributed by atoms with Crippen LogP contribution < -0.4 is 11.1 Å². The molecule has 3 N–H and O–H groups in total. The number of ether oxygens (including phenoxy) is 2. The molecule has 2 aliphatic carbocycles. The number of thiophene rings is 2. The zero-order valence-corrected chi connectivity index (χ0v) is 30.3. The van der Waals surface area contributed by atoms with Crippen LogP contribution in [0.5, 0.6) is 0 Å². The van der Waals surface area contributed by atoms with Crippen LogP contribution in [0.3, 0.4) is 0 Å². The number of nitrogens with one attached hydrogen (secondary N) is 1. The minimum atomic E-state index is -0.398. The van der Waals surface area contributed by atoms with Crippen molar-refractivity contribution in [3.63, 3.8) is 0 Å². The Morgan fingerprint density at radius 2 is 1.24 bits per heavy atom. The van der Waals surface area contributed by atoms with Crippen molar-refractivity contribution in [3.05, 3.63) is 27.7 Å². The first-order chi connectivity index (χ1) is 19.4. The standard InChI is InChI=1S/C14H18INO3S.C8H13ClO.C6H6INO2S/c1-8-3-5-9(6-4-8)13(17)16-10-7-11(15)20-12(10)14(18)19-2;1-6-2-4-7(5-3-6)8(9)10;1-10-6(9)5-3(8)2-4(7)11-5/h7-9H,3-6H2,1-2H3,(H,16,17);6-7H,2-5H2,1H3;2H,8H2,1H3. The predicted molar refractivity (Wildman–Crippen MR) is 183 cm³/mol. The van der Waals surface area contributed by atoms with Gasteiger partial charge in [-0.05, 0) is 132 Å². The van der Waals surface area contributed by atoms with Crippen molar-refractivity contribution < 1.29 is 28.7 Å². The summed E-state index contributed by atoms with van der Waals surface area (Å²) in [4.78, 5) is 46.5. The van der Waals surface area contributed by atoms with Crippen LogP contribution in [0.25, 0.3) is 0 Å². The smallest absolute Gasteiger partial charge is 0.350 e. The molecule has 0 aliphatic heterocycles. The molecule has 2 aliphatic rings. The second-order valence-corrected chi connectivity index (χ2v) is 16.6. The van der Waals surface area contributed by atoms with Crippen molar-refractivity contribution >= 4 is 114 Å².